The smallest absolute Gasteiger partial charge is 0.321 e. The van der Waals surface area contributed by atoms with Crippen LogP contribution in [0.1, 0.15) is 12.8 Å². The Balaban J connectivity index is 1.27. The van der Waals surface area contributed by atoms with E-state index in [4.69, 9.17) is 11.6 Å². The second-order valence-corrected chi connectivity index (χ2v) is 7.66. The molecule has 0 atom stereocenters. The van der Waals surface area contributed by atoms with E-state index in [9.17, 15) is 9.59 Å². The van der Waals surface area contributed by atoms with Gasteiger partial charge < -0.3 is 20.4 Å². The monoisotopic (exact) mass is 398 g/mol. The van der Waals surface area contributed by atoms with Crippen molar-refractivity contribution in [2.75, 3.05) is 41.7 Å². The molecule has 2 fully saturated rings. The highest BCUT2D eigenvalue weighted by molar-refractivity contribution is 6.30. The summed E-state index contributed by atoms with van der Waals surface area (Å²) < 4.78 is 0. The third-order valence-corrected chi connectivity index (χ3v) is 5.33. The number of urea groups is 1. The fourth-order valence-corrected chi connectivity index (χ4v) is 3.45. The first-order valence-electron chi connectivity index (χ1n) is 9.56. The number of nitrogens with one attached hydrogen (secondary N) is 2. The quantitative estimate of drug-likeness (QED) is 0.816. The van der Waals surface area contributed by atoms with Gasteiger partial charge in [0.1, 0.15) is 0 Å². The fraction of sp³-hybridized carbons (Fsp3) is 0.333. The Labute approximate surface area is 169 Å². The van der Waals surface area contributed by atoms with E-state index in [0.717, 1.165) is 42.3 Å². The summed E-state index contributed by atoms with van der Waals surface area (Å²) in [5, 5.41) is 6.54. The highest BCUT2D eigenvalue weighted by Gasteiger charge is 2.29. The van der Waals surface area contributed by atoms with E-state index in [1.165, 1.54) is 0 Å². The number of carbonyl (C=O) groups is 2. The van der Waals surface area contributed by atoms with Crippen LogP contribution in [0.2, 0.25) is 5.02 Å². The van der Waals surface area contributed by atoms with Crippen molar-refractivity contribution in [2.24, 2.45) is 5.92 Å². The van der Waals surface area contributed by atoms with Crippen LogP contribution in [0.25, 0.3) is 0 Å². The maximum absolute atomic E-state index is 12.5. The summed E-state index contributed by atoms with van der Waals surface area (Å²) >= 11 is 6.07. The summed E-state index contributed by atoms with van der Waals surface area (Å²) in [7, 11) is 0. The summed E-state index contributed by atoms with van der Waals surface area (Å²) in [5.74, 6) is 0.249. The molecule has 4 rings (SSSR count). The topological polar surface area (TPSA) is 64.7 Å². The third-order valence-electron chi connectivity index (χ3n) is 5.09. The number of amides is 3. The molecular formula is C21H23ClN4O2. The number of hydrogen-bond acceptors (Lipinski definition) is 3. The Hall–Kier alpha value is -2.73. The second-order valence-electron chi connectivity index (χ2n) is 7.22. The summed E-state index contributed by atoms with van der Waals surface area (Å²) in [6, 6.07) is 14.9. The molecule has 28 heavy (non-hydrogen) atoms. The highest BCUT2D eigenvalue weighted by atomic mass is 35.5. The molecule has 2 aromatic rings. The molecule has 0 spiro atoms. The number of halogens is 1. The van der Waals surface area contributed by atoms with E-state index >= 15 is 0 Å². The van der Waals surface area contributed by atoms with Crippen LogP contribution in [0, 0.1) is 5.92 Å². The van der Waals surface area contributed by atoms with Gasteiger partial charge in [-0.1, -0.05) is 17.7 Å². The van der Waals surface area contributed by atoms with Crippen molar-refractivity contribution < 1.29 is 9.59 Å². The minimum absolute atomic E-state index is 0.0781. The summed E-state index contributed by atoms with van der Waals surface area (Å²) in [6.45, 7) is 2.82. The molecule has 6 nitrogen and oxygen atoms in total. The largest absolute Gasteiger partial charge is 0.368 e. The first kappa shape index (κ1) is 18.6. The molecule has 2 aromatic carbocycles. The van der Waals surface area contributed by atoms with Gasteiger partial charge in [0.05, 0.1) is 0 Å². The van der Waals surface area contributed by atoms with Crippen molar-refractivity contribution in [3.63, 3.8) is 0 Å². The maximum atomic E-state index is 12.5. The van der Waals surface area contributed by atoms with Gasteiger partial charge in [0, 0.05) is 54.2 Å². The first-order valence-corrected chi connectivity index (χ1v) is 9.94. The standard InChI is InChI=1S/C21H23ClN4O2/c22-16-2-1-3-19(14-16)25-10-12-26(13-11-25)21(28)24-18-8-6-17(7-9-18)23-20(27)15-4-5-15/h1-3,6-9,14-15H,4-5,10-13H2,(H,23,27)(H,24,28). The molecule has 0 unspecified atom stereocenters. The Kier molecular flexibility index (Phi) is 5.39. The van der Waals surface area contributed by atoms with Crippen LogP contribution in [0.4, 0.5) is 21.9 Å². The SMILES string of the molecule is O=C(Nc1ccc(NC(=O)N2CCN(c3cccc(Cl)c3)CC2)cc1)C1CC1. The number of nitrogens with zero attached hydrogens (tertiary/aromatic N) is 2. The Bertz CT molecular complexity index is 859. The molecule has 1 saturated carbocycles. The molecule has 0 aromatic heterocycles. The molecule has 2 N–H and O–H groups in total. The average Bonchev–Trinajstić information content (AvgIpc) is 3.55. The number of hydrogen-bond donors (Lipinski definition) is 2. The number of anilines is 3. The van der Waals surface area contributed by atoms with Crippen molar-refractivity contribution >= 4 is 40.6 Å². The van der Waals surface area contributed by atoms with Crippen LogP contribution >= 0.6 is 11.6 Å². The minimum atomic E-state index is -0.111. The van der Waals surface area contributed by atoms with Crippen molar-refractivity contribution in [3.05, 3.63) is 53.6 Å². The maximum Gasteiger partial charge on any atom is 0.321 e. The van der Waals surface area contributed by atoms with E-state index in [2.05, 4.69) is 15.5 Å². The normalized spacial score (nSPS) is 16.6. The van der Waals surface area contributed by atoms with E-state index < -0.39 is 0 Å². The predicted octanol–water partition coefficient (Wildman–Crippen LogP) is 4.04. The Morgan fingerprint density at radius 1 is 0.893 bits per heavy atom. The molecule has 1 aliphatic carbocycles. The molecule has 7 heteroatoms. The van der Waals surface area contributed by atoms with E-state index in [1.54, 1.807) is 0 Å². The molecular weight excluding hydrogens is 376 g/mol. The van der Waals surface area contributed by atoms with Crippen LogP contribution in [-0.4, -0.2) is 43.0 Å². The number of piperazine rings is 1. The molecule has 1 aliphatic heterocycles. The first-order chi connectivity index (χ1) is 13.6. The molecule has 146 valence electrons. The summed E-state index contributed by atoms with van der Waals surface area (Å²) in [4.78, 5) is 28.4. The summed E-state index contributed by atoms with van der Waals surface area (Å²) in [5.41, 5.74) is 2.55. The van der Waals surface area contributed by atoms with Crippen LogP contribution in [-0.2, 0) is 4.79 Å². The minimum Gasteiger partial charge on any atom is -0.368 e. The lowest BCUT2D eigenvalue weighted by Crippen LogP contribution is -2.50. The number of benzene rings is 2. The van der Waals surface area contributed by atoms with Crippen molar-refractivity contribution in [2.45, 2.75) is 12.8 Å². The molecule has 0 bridgehead atoms. The van der Waals surface area contributed by atoms with Gasteiger partial charge in [-0.25, -0.2) is 4.79 Å². The molecule has 1 saturated heterocycles. The highest BCUT2D eigenvalue weighted by Crippen LogP contribution is 2.30. The zero-order valence-electron chi connectivity index (χ0n) is 15.5. The fourth-order valence-electron chi connectivity index (χ4n) is 3.27. The van der Waals surface area contributed by atoms with Gasteiger partial charge in [-0.2, -0.15) is 0 Å². The second kappa shape index (κ2) is 8.10. The lowest BCUT2D eigenvalue weighted by molar-refractivity contribution is -0.117. The lowest BCUT2D eigenvalue weighted by Gasteiger charge is -2.36. The van der Waals surface area contributed by atoms with Gasteiger partial charge in [0.2, 0.25) is 5.91 Å². The van der Waals surface area contributed by atoms with Crippen molar-refractivity contribution in [1.82, 2.24) is 4.90 Å². The van der Waals surface area contributed by atoms with Crippen LogP contribution < -0.4 is 15.5 Å². The van der Waals surface area contributed by atoms with Gasteiger partial charge in [-0.3, -0.25) is 4.79 Å². The van der Waals surface area contributed by atoms with Crippen LogP contribution in [0.15, 0.2) is 48.5 Å². The summed E-state index contributed by atoms with van der Waals surface area (Å²) in [6.07, 6.45) is 1.95. The lowest BCUT2D eigenvalue weighted by atomic mass is 10.2. The van der Waals surface area contributed by atoms with Gasteiger partial charge in [-0.15, -0.1) is 0 Å². The number of rotatable bonds is 4. The molecule has 2 aliphatic rings. The molecule has 1 heterocycles. The Morgan fingerprint density at radius 2 is 1.54 bits per heavy atom. The predicted molar refractivity (Wildman–Crippen MR) is 112 cm³/mol. The van der Waals surface area contributed by atoms with E-state index in [-0.39, 0.29) is 17.9 Å². The molecule has 0 radical (unpaired) electrons. The molecule has 3 amide bonds. The average molecular weight is 399 g/mol. The van der Waals surface area contributed by atoms with Crippen LogP contribution in [0.3, 0.4) is 0 Å². The van der Waals surface area contributed by atoms with Crippen LogP contribution in [0.5, 0.6) is 0 Å². The zero-order valence-corrected chi connectivity index (χ0v) is 16.3. The van der Waals surface area contributed by atoms with Gasteiger partial charge in [-0.05, 0) is 55.3 Å². The van der Waals surface area contributed by atoms with Gasteiger partial charge >= 0.3 is 6.03 Å². The van der Waals surface area contributed by atoms with E-state index in [1.807, 2.05) is 53.4 Å². The third kappa shape index (κ3) is 4.57. The Morgan fingerprint density at radius 3 is 2.14 bits per heavy atom. The van der Waals surface area contributed by atoms with Crippen molar-refractivity contribution in [1.29, 1.82) is 0 Å². The van der Waals surface area contributed by atoms with Crippen molar-refractivity contribution in [3.8, 4) is 0 Å². The van der Waals surface area contributed by atoms with E-state index in [0.29, 0.717) is 18.8 Å². The zero-order chi connectivity index (χ0) is 19.5. The van der Waals surface area contributed by atoms with Gasteiger partial charge in [0.15, 0.2) is 0 Å². The number of carbonyl (C=O) groups excluding carboxylic acids is 2. The van der Waals surface area contributed by atoms with Gasteiger partial charge in [0.25, 0.3) is 0 Å².